The smallest absolute Gasteiger partial charge is 0.313 e. The molecule has 0 radical (unpaired) electrons. The lowest BCUT2D eigenvalue weighted by Crippen LogP contribution is -1.96. The van der Waals surface area contributed by atoms with E-state index in [4.69, 9.17) is 39.9 Å². The highest BCUT2D eigenvalue weighted by atomic mass is 35.5. The maximum atomic E-state index is 10.5. The molecule has 0 aliphatic heterocycles. The van der Waals surface area contributed by atoms with Gasteiger partial charge in [-0.1, -0.05) is 57.9 Å². The zero-order valence-corrected chi connectivity index (χ0v) is 13.5. The molecule has 0 amide bonds. The first-order valence-electron chi connectivity index (χ1n) is 5.05. The standard InChI is InChI=1S/C10H6Cl3N3O2S2/c11-4-1-5(12)8(6(13)2-4)14-9-15-16-10(20-9)19-3-7(17)18/h1-2H,3H2,(H,14,15)(H,17,18). The van der Waals surface area contributed by atoms with Crippen LogP contribution in [0.2, 0.25) is 15.1 Å². The lowest BCUT2D eigenvalue weighted by atomic mass is 10.3. The normalized spacial score (nSPS) is 10.6. The van der Waals surface area contributed by atoms with Crippen molar-refractivity contribution in [1.82, 2.24) is 10.2 Å². The van der Waals surface area contributed by atoms with Crippen LogP contribution in [0.4, 0.5) is 10.8 Å². The minimum atomic E-state index is -0.913. The summed E-state index contributed by atoms with van der Waals surface area (Å²) in [7, 11) is 0. The molecule has 0 unspecified atom stereocenters. The number of aliphatic carboxylic acids is 1. The van der Waals surface area contributed by atoms with Crippen molar-refractivity contribution in [3.8, 4) is 0 Å². The van der Waals surface area contributed by atoms with E-state index in [9.17, 15) is 4.79 Å². The van der Waals surface area contributed by atoms with Crippen molar-refractivity contribution < 1.29 is 9.90 Å². The van der Waals surface area contributed by atoms with Gasteiger partial charge >= 0.3 is 5.97 Å². The molecule has 2 rings (SSSR count). The molecule has 106 valence electrons. The molecule has 0 aliphatic rings. The highest BCUT2D eigenvalue weighted by Gasteiger charge is 2.12. The fourth-order valence-corrected chi connectivity index (χ4v) is 3.60. The van der Waals surface area contributed by atoms with Crippen LogP contribution in [-0.4, -0.2) is 27.0 Å². The second-order valence-corrected chi connectivity index (χ2v) is 6.88. The number of carboxylic acid groups (broad SMARTS) is 1. The van der Waals surface area contributed by atoms with Crippen LogP contribution in [0.15, 0.2) is 16.5 Å². The van der Waals surface area contributed by atoms with E-state index >= 15 is 0 Å². The van der Waals surface area contributed by atoms with Crippen LogP contribution in [0.5, 0.6) is 0 Å². The second-order valence-electron chi connectivity index (χ2n) is 3.42. The number of carbonyl (C=O) groups is 1. The Hall–Kier alpha value is -0.730. The first-order chi connectivity index (χ1) is 9.45. The molecule has 0 fully saturated rings. The van der Waals surface area contributed by atoms with Crippen LogP contribution >= 0.6 is 57.9 Å². The van der Waals surface area contributed by atoms with Gasteiger partial charge < -0.3 is 10.4 Å². The Bertz CT molecular complexity index is 627. The van der Waals surface area contributed by atoms with Crippen molar-refractivity contribution in [2.45, 2.75) is 4.34 Å². The van der Waals surface area contributed by atoms with Crippen LogP contribution in [0.1, 0.15) is 0 Å². The number of benzene rings is 1. The number of carboxylic acids is 1. The molecule has 20 heavy (non-hydrogen) atoms. The summed E-state index contributed by atoms with van der Waals surface area (Å²) < 4.78 is 0.538. The van der Waals surface area contributed by atoms with Crippen LogP contribution < -0.4 is 5.32 Å². The van der Waals surface area contributed by atoms with Gasteiger partial charge in [-0.3, -0.25) is 4.79 Å². The number of rotatable bonds is 5. The third kappa shape index (κ3) is 4.13. The third-order valence-electron chi connectivity index (χ3n) is 1.96. The van der Waals surface area contributed by atoms with Crippen molar-refractivity contribution in [2.24, 2.45) is 0 Å². The molecule has 5 nitrogen and oxygen atoms in total. The highest BCUT2D eigenvalue weighted by molar-refractivity contribution is 8.01. The summed E-state index contributed by atoms with van der Waals surface area (Å²) in [5.74, 6) is -0.986. The van der Waals surface area contributed by atoms with Crippen LogP contribution in [-0.2, 0) is 4.79 Å². The van der Waals surface area contributed by atoms with Crippen LogP contribution in [0.3, 0.4) is 0 Å². The summed E-state index contributed by atoms with van der Waals surface area (Å²) in [4.78, 5) is 10.5. The summed E-state index contributed by atoms with van der Waals surface area (Å²) in [5.41, 5.74) is 0.476. The summed E-state index contributed by atoms with van der Waals surface area (Å²) >= 11 is 20.2. The van der Waals surface area contributed by atoms with Gasteiger partial charge in [-0.05, 0) is 12.1 Å². The molecule has 1 heterocycles. The Morgan fingerprint density at radius 2 is 1.95 bits per heavy atom. The van der Waals surface area contributed by atoms with Gasteiger partial charge in [-0.15, -0.1) is 10.2 Å². The zero-order valence-electron chi connectivity index (χ0n) is 9.56. The van der Waals surface area contributed by atoms with E-state index in [-0.39, 0.29) is 5.75 Å². The monoisotopic (exact) mass is 369 g/mol. The van der Waals surface area contributed by atoms with E-state index in [0.29, 0.717) is 30.2 Å². The largest absolute Gasteiger partial charge is 0.481 e. The minimum absolute atomic E-state index is 0.0723. The number of aromatic nitrogens is 2. The molecule has 0 atom stereocenters. The van der Waals surface area contributed by atoms with Gasteiger partial charge in [0.25, 0.3) is 0 Å². The summed E-state index contributed by atoms with van der Waals surface area (Å²) in [6.45, 7) is 0. The van der Waals surface area contributed by atoms with Gasteiger partial charge in [-0.2, -0.15) is 0 Å². The number of nitrogens with zero attached hydrogens (tertiary/aromatic N) is 2. The summed E-state index contributed by atoms with van der Waals surface area (Å²) in [6.07, 6.45) is 0. The van der Waals surface area contributed by atoms with Gasteiger partial charge in [0.1, 0.15) is 0 Å². The van der Waals surface area contributed by atoms with Crippen molar-refractivity contribution in [3.63, 3.8) is 0 Å². The molecule has 0 bridgehead atoms. The summed E-state index contributed by atoms with van der Waals surface area (Å²) in [6, 6.07) is 3.11. The topological polar surface area (TPSA) is 75.1 Å². The number of nitrogens with one attached hydrogen (secondary N) is 1. The maximum absolute atomic E-state index is 10.5. The number of thioether (sulfide) groups is 1. The van der Waals surface area contributed by atoms with Gasteiger partial charge in [-0.25, -0.2) is 0 Å². The molecule has 0 saturated carbocycles. The zero-order chi connectivity index (χ0) is 14.7. The Balaban J connectivity index is 2.13. The average Bonchev–Trinajstić information content (AvgIpc) is 2.79. The predicted molar refractivity (Wildman–Crippen MR) is 83.0 cm³/mol. The van der Waals surface area contributed by atoms with Gasteiger partial charge in [0, 0.05) is 5.02 Å². The van der Waals surface area contributed by atoms with Gasteiger partial charge in [0.05, 0.1) is 21.5 Å². The molecule has 0 aliphatic carbocycles. The van der Waals surface area contributed by atoms with Crippen LogP contribution in [0, 0.1) is 0 Å². The van der Waals surface area contributed by atoms with Crippen LogP contribution in [0.25, 0.3) is 0 Å². The molecule has 1 aromatic heterocycles. The number of anilines is 2. The first-order valence-corrected chi connectivity index (χ1v) is 7.99. The molecule has 10 heteroatoms. The van der Waals surface area contributed by atoms with E-state index in [1.165, 1.54) is 11.3 Å². The fraction of sp³-hybridized carbons (Fsp3) is 0.100. The molecular formula is C10H6Cl3N3O2S2. The lowest BCUT2D eigenvalue weighted by Gasteiger charge is -2.07. The van der Waals surface area contributed by atoms with E-state index < -0.39 is 5.97 Å². The van der Waals surface area contributed by atoms with Crippen molar-refractivity contribution in [1.29, 1.82) is 0 Å². The summed E-state index contributed by atoms with van der Waals surface area (Å²) in [5, 5.41) is 20.9. The second kappa shape index (κ2) is 6.82. The van der Waals surface area contributed by atoms with E-state index in [1.807, 2.05) is 0 Å². The predicted octanol–water partition coefficient (Wildman–Crippen LogP) is 4.42. The third-order valence-corrected chi connectivity index (χ3v) is 4.74. The highest BCUT2D eigenvalue weighted by Crippen LogP contribution is 2.37. The molecule has 1 aromatic carbocycles. The van der Waals surface area contributed by atoms with Gasteiger partial charge in [0.2, 0.25) is 5.13 Å². The van der Waals surface area contributed by atoms with Gasteiger partial charge in [0.15, 0.2) is 4.34 Å². The Kier molecular flexibility index (Phi) is 5.34. The molecule has 2 N–H and O–H groups in total. The quantitative estimate of drug-likeness (QED) is 0.759. The van der Waals surface area contributed by atoms with Crippen molar-refractivity contribution >= 4 is 74.7 Å². The van der Waals surface area contributed by atoms with E-state index in [1.54, 1.807) is 12.1 Å². The average molecular weight is 371 g/mol. The number of halogens is 3. The Morgan fingerprint density at radius 1 is 1.30 bits per heavy atom. The maximum Gasteiger partial charge on any atom is 0.313 e. The SMILES string of the molecule is O=C(O)CSc1nnc(Nc2c(Cl)cc(Cl)cc2Cl)s1. The number of hydrogen-bond donors (Lipinski definition) is 2. The minimum Gasteiger partial charge on any atom is -0.481 e. The van der Waals surface area contributed by atoms with Crippen molar-refractivity contribution in [2.75, 3.05) is 11.1 Å². The molecular weight excluding hydrogens is 365 g/mol. The molecule has 0 saturated heterocycles. The first kappa shape index (κ1) is 15.7. The lowest BCUT2D eigenvalue weighted by molar-refractivity contribution is -0.133. The fourth-order valence-electron chi connectivity index (χ4n) is 1.21. The molecule has 0 spiro atoms. The molecule has 2 aromatic rings. The Morgan fingerprint density at radius 3 is 2.55 bits per heavy atom. The van der Waals surface area contributed by atoms with E-state index in [2.05, 4.69) is 15.5 Å². The van der Waals surface area contributed by atoms with Crippen molar-refractivity contribution in [3.05, 3.63) is 27.2 Å². The van der Waals surface area contributed by atoms with E-state index in [0.717, 1.165) is 11.8 Å². The number of hydrogen-bond acceptors (Lipinski definition) is 6. The Labute approximate surface area is 137 Å².